The lowest BCUT2D eigenvalue weighted by atomic mass is 9.93. The van der Waals surface area contributed by atoms with Crippen LogP contribution in [0.3, 0.4) is 0 Å². The van der Waals surface area contributed by atoms with Crippen LogP contribution in [-0.4, -0.2) is 35.6 Å². The number of hydrogen-bond donors (Lipinski definition) is 1. The summed E-state index contributed by atoms with van der Waals surface area (Å²) < 4.78 is 7.45. The van der Waals surface area contributed by atoms with Crippen molar-refractivity contribution in [2.75, 3.05) is 19.8 Å². The van der Waals surface area contributed by atoms with Gasteiger partial charge in [0, 0.05) is 24.9 Å². The molecule has 0 bridgehead atoms. The van der Waals surface area contributed by atoms with Crippen molar-refractivity contribution in [3.05, 3.63) is 47.3 Å². The van der Waals surface area contributed by atoms with Gasteiger partial charge in [-0.3, -0.25) is 0 Å². The Morgan fingerprint density at radius 1 is 1.21 bits per heavy atom. The minimum Gasteiger partial charge on any atom is -0.381 e. The highest BCUT2D eigenvalue weighted by atomic mass is 16.5. The topological polar surface area (TPSA) is 39.1 Å². The lowest BCUT2D eigenvalue weighted by Gasteiger charge is -2.28. The maximum atomic E-state index is 5.45. The van der Waals surface area contributed by atoms with Gasteiger partial charge in [-0.1, -0.05) is 12.1 Å². The molecular weight excluding hydrogens is 298 g/mol. The molecule has 3 rings (SSSR count). The van der Waals surface area contributed by atoms with Crippen molar-refractivity contribution in [3.63, 3.8) is 0 Å². The van der Waals surface area contributed by atoms with E-state index in [4.69, 9.17) is 4.74 Å². The largest absolute Gasteiger partial charge is 0.381 e. The Labute approximate surface area is 145 Å². The molecule has 1 aliphatic heterocycles. The van der Waals surface area contributed by atoms with Crippen molar-refractivity contribution in [2.24, 2.45) is 5.92 Å². The smallest absolute Gasteiger partial charge is 0.0648 e. The predicted octanol–water partition coefficient (Wildman–Crippen LogP) is 3.44. The van der Waals surface area contributed by atoms with Crippen LogP contribution in [-0.2, 0) is 11.2 Å². The third-order valence-corrected chi connectivity index (χ3v) is 5.04. The van der Waals surface area contributed by atoms with E-state index in [1.807, 2.05) is 11.6 Å². The Morgan fingerprint density at radius 3 is 2.54 bits per heavy atom. The Bertz CT molecular complexity index is 641. The Balaban J connectivity index is 1.50. The standard InChI is InChI=1S/C20H29N3O/c1-15-14-16(2)23(22-15)20-6-4-18(5-7-20)8-11-21-17(3)19-9-12-24-13-10-19/h4-7,14,17,19,21H,8-13H2,1-3H3/t17-/m0/s1. The second kappa shape index (κ2) is 7.95. The van der Waals surface area contributed by atoms with E-state index in [-0.39, 0.29) is 0 Å². The van der Waals surface area contributed by atoms with E-state index in [0.29, 0.717) is 6.04 Å². The van der Waals surface area contributed by atoms with E-state index < -0.39 is 0 Å². The summed E-state index contributed by atoms with van der Waals surface area (Å²) in [6.07, 6.45) is 3.43. The summed E-state index contributed by atoms with van der Waals surface area (Å²) in [5.74, 6) is 0.757. The van der Waals surface area contributed by atoms with Gasteiger partial charge in [0.25, 0.3) is 0 Å². The number of benzene rings is 1. The van der Waals surface area contributed by atoms with Crippen LogP contribution in [0.1, 0.15) is 36.7 Å². The first kappa shape index (κ1) is 17.2. The molecule has 4 heteroatoms. The van der Waals surface area contributed by atoms with Gasteiger partial charge in [-0.2, -0.15) is 5.10 Å². The quantitative estimate of drug-likeness (QED) is 0.883. The molecule has 1 aromatic heterocycles. The van der Waals surface area contributed by atoms with E-state index in [1.54, 1.807) is 0 Å². The average Bonchev–Trinajstić information content (AvgIpc) is 2.94. The third-order valence-electron chi connectivity index (χ3n) is 5.04. The molecule has 1 atom stereocenters. The highest BCUT2D eigenvalue weighted by molar-refractivity contribution is 5.36. The fourth-order valence-electron chi connectivity index (χ4n) is 3.52. The Hall–Kier alpha value is -1.65. The monoisotopic (exact) mass is 327 g/mol. The summed E-state index contributed by atoms with van der Waals surface area (Å²) in [5, 5.41) is 8.23. The van der Waals surface area contributed by atoms with Crippen LogP contribution in [0.5, 0.6) is 0 Å². The van der Waals surface area contributed by atoms with E-state index >= 15 is 0 Å². The number of rotatable bonds is 6. The highest BCUT2D eigenvalue weighted by Gasteiger charge is 2.19. The lowest BCUT2D eigenvalue weighted by Crippen LogP contribution is -2.37. The molecule has 1 N–H and O–H groups in total. The van der Waals surface area contributed by atoms with Gasteiger partial charge in [0.1, 0.15) is 0 Å². The number of aromatic nitrogens is 2. The van der Waals surface area contributed by atoms with E-state index in [0.717, 1.165) is 43.5 Å². The van der Waals surface area contributed by atoms with E-state index in [2.05, 4.69) is 54.6 Å². The van der Waals surface area contributed by atoms with Crippen LogP contribution in [0.2, 0.25) is 0 Å². The highest BCUT2D eigenvalue weighted by Crippen LogP contribution is 2.18. The summed E-state index contributed by atoms with van der Waals surface area (Å²) in [6, 6.07) is 11.4. The zero-order chi connectivity index (χ0) is 16.9. The van der Waals surface area contributed by atoms with E-state index in [1.165, 1.54) is 24.1 Å². The zero-order valence-electron chi connectivity index (χ0n) is 15.1. The number of aryl methyl sites for hydroxylation is 2. The second-order valence-corrected chi connectivity index (χ2v) is 6.95. The van der Waals surface area contributed by atoms with Crippen molar-refractivity contribution in [2.45, 2.75) is 46.1 Å². The fraction of sp³-hybridized carbons (Fsp3) is 0.550. The molecule has 0 spiro atoms. The molecule has 2 aromatic rings. The average molecular weight is 327 g/mol. The van der Waals surface area contributed by atoms with Crippen molar-refractivity contribution in [1.29, 1.82) is 0 Å². The number of nitrogens with one attached hydrogen (secondary N) is 1. The molecule has 4 nitrogen and oxygen atoms in total. The van der Waals surface area contributed by atoms with Crippen LogP contribution in [0.25, 0.3) is 5.69 Å². The normalized spacial score (nSPS) is 17.1. The molecule has 24 heavy (non-hydrogen) atoms. The van der Waals surface area contributed by atoms with Crippen LogP contribution in [0.4, 0.5) is 0 Å². The lowest BCUT2D eigenvalue weighted by molar-refractivity contribution is 0.0561. The molecule has 0 saturated carbocycles. The van der Waals surface area contributed by atoms with Gasteiger partial charge in [-0.05, 0) is 76.3 Å². The Morgan fingerprint density at radius 2 is 1.92 bits per heavy atom. The number of nitrogens with zero attached hydrogens (tertiary/aromatic N) is 2. The third kappa shape index (κ3) is 4.25. The Kier molecular flexibility index (Phi) is 5.69. The molecular formula is C20H29N3O. The summed E-state index contributed by atoms with van der Waals surface area (Å²) >= 11 is 0. The molecule has 0 radical (unpaired) electrons. The first-order valence-electron chi connectivity index (χ1n) is 9.07. The van der Waals surface area contributed by atoms with Gasteiger partial charge in [0.05, 0.1) is 11.4 Å². The number of ether oxygens (including phenoxy) is 1. The molecule has 2 heterocycles. The fourth-order valence-corrected chi connectivity index (χ4v) is 3.52. The van der Waals surface area contributed by atoms with Crippen molar-refractivity contribution >= 4 is 0 Å². The first-order valence-corrected chi connectivity index (χ1v) is 9.07. The number of hydrogen-bond acceptors (Lipinski definition) is 3. The summed E-state index contributed by atoms with van der Waals surface area (Å²) in [6.45, 7) is 9.30. The summed E-state index contributed by atoms with van der Waals surface area (Å²) in [4.78, 5) is 0. The maximum absolute atomic E-state index is 5.45. The summed E-state index contributed by atoms with van der Waals surface area (Å²) in [5.41, 5.74) is 4.73. The van der Waals surface area contributed by atoms with Crippen LogP contribution in [0.15, 0.2) is 30.3 Å². The van der Waals surface area contributed by atoms with Gasteiger partial charge in [-0.25, -0.2) is 4.68 Å². The second-order valence-electron chi connectivity index (χ2n) is 6.95. The van der Waals surface area contributed by atoms with Gasteiger partial charge in [-0.15, -0.1) is 0 Å². The molecule has 1 aromatic carbocycles. The minimum atomic E-state index is 0.572. The minimum absolute atomic E-state index is 0.572. The molecule has 0 aliphatic carbocycles. The van der Waals surface area contributed by atoms with Crippen molar-refractivity contribution < 1.29 is 4.74 Å². The predicted molar refractivity (Wildman–Crippen MR) is 97.7 cm³/mol. The molecule has 0 unspecified atom stereocenters. The van der Waals surface area contributed by atoms with Crippen molar-refractivity contribution in [1.82, 2.24) is 15.1 Å². The van der Waals surface area contributed by atoms with Crippen LogP contribution < -0.4 is 5.32 Å². The SMILES string of the molecule is Cc1cc(C)n(-c2ccc(CCN[C@@H](C)C3CCOCC3)cc2)n1. The van der Waals surface area contributed by atoms with Gasteiger partial charge in [0.15, 0.2) is 0 Å². The van der Waals surface area contributed by atoms with Crippen LogP contribution in [0, 0.1) is 19.8 Å². The molecule has 0 amide bonds. The summed E-state index contributed by atoms with van der Waals surface area (Å²) in [7, 11) is 0. The first-order chi connectivity index (χ1) is 11.6. The van der Waals surface area contributed by atoms with Crippen LogP contribution >= 0.6 is 0 Å². The van der Waals surface area contributed by atoms with Gasteiger partial charge >= 0.3 is 0 Å². The van der Waals surface area contributed by atoms with E-state index in [9.17, 15) is 0 Å². The molecule has 1 aliphatic rings. The molecule has 1 fully saturated rings. The zero-order valence-corrected chi connectivity index (χ0v) is 15.1. The van der Waals surface area contributed by atoms with Gasteiger partial charge in [0.2, 0.25) is 0 Å². The molecule has 1 saturated heterocycles. The van der Waals surface area contributed by atoms with Gasteiger partial charge < -0.3 is 10.1 Å². The maximum Gasteiger partial charge on any atom is 0.0648 e. The molecule has 130 valence electrons. The van der Waals surface area contributed by atoms with Crippen molar-refractivity contribution in [3.8, 4) is 5.69 Å².